The third kappa shape index (κ3) is 6.85. The van der Waals surface area contributed by atoms with Crippen LogP contribution in [-0.4, -0.2) is 36.3 Å². The number of nitro groups is 1. The number of nitro benzene ring substituents is 1. The SMILES string of the molecule is CCOC(=O)C1=C(c2ccccc2)N=c2s/c(=C\c3ccc(OCc4ccc([N+](=O)[O-])cc4)c(OC)c3)c(=O)n2[C@@H]1c1cccc(OC)c1. The molecule has 1 aliphatic heterocycles. The Bertz CT molecular complexity index is 2240. The minimum Gasteiger partial charge on any atom is -0.497 e. The molecule has 0 unspecified atom stereocenters. The van der Waals surface area contributed by atoms with E-state index < -0.39 is 16.9 Å². The van der Waals surface area contributed by atoms with Gasteiger partial charge in [-0.15, -0.1) is 0 Å². The first-order valence-electron chi connectivity index (χ1n) is 15.3. The molecule has 0 fully saturated rings. The Hall–Kier alpha value is -6.01. The van der Waals surface area contributed by atoms with Crippen molar-refractivity contribution in [3.8, 4) is 17.2 Å². The van der Waals surface area contributed by atoms with E-state index in [0.29, 0.717) is 49.0 Å². The Balaban J connectivity index is 1.44. The quantitative estimate of drug-likeness (QED) is 0.103. The molecule has 49 heavy (non-hydrogen) atoms. The fourth-order valence-electron chi connectivity index (χ4n) is 5.49. The number of carbonyl (C=O) groups excluding carboxylic acids is 1. The van der Waals surface area contributed by atoms with Gasteiger partial charge in [0.15, 0.2) is 16.3 Å². The normalized spacial score (nSPS) is 14.1. The van der Waals surface area contributed by atoms with Gasteiger partial charge in [-0.05, 0) is 66.1 Å². The number of rotatable bonds is 11. The van der Waals surface area contributed by atoms with Gasteiger partial charge in [-0.25, -0.2) is 9.79 Å². The van der Waals surface area contributed by atoms with Gasteiger partial charge in [0.2, 0.25) is 0 Å². The van der Waals surface area contributed by atoms with Crippen molar-refractivity contribution in [2.45, 2.75) is 19.6 Å². The molecule has 248 valence electrons. The highest BCUT2D eigenvalue weighted by Gasteiger charge is 2.35. The van der Waals surface area contributed by atoms with Crippen molar-refractivity contribution in [3.05, 3.63) is 155 Å². The number of non-ortho nitro benzene ring substituents is 1. The Morgan fingerprint density at radius 3 is 2.43 bits per heavy atom. The van der Waals surface area contributed by atoms with E-state index in [0.717, 1.165) is 5.56 Å². The molecule has 0 saturated heterocycles. The van der Waals surface area contributed by atoms with Crippen LogP contribution in [0.5, 0.6) is 17.2 Å². The third-order valence-corrected chi connectivity index (χ3v) is 8.79. The van der Waals surface area contributed by atoms with Crippen molar-refractivity contribution < 1.29 is 28.7 Å². The number of methoxy groups -OCH3 is 2. The number of aromatic nitrogens is 1. The highest BCUT2D eigenvalue weighted by molar-refractivity contribution is 7.07. The lowest BCUT2D eigenvalue weighted by Gasteiger charge is -2.26. The molecule has 5 aromatic rings. The molecule has 0 radical (unpaired) electrons. The first-order chi connectivity index (χ1) is 23.8. The second-order valence-electron chi connectivity index (χ2n) is 10.8. The average molecular weight is 678 g/mol. The standard InChI is InChI=1S/C37H31N3O8S/c1-4-47-36(42)32-33(25-9-6-5-7-10-25)38-37-39(34(32)26-11-8-12-28(21-26)45-2)35(41)31(49-37)20-24-15-18-29(30(19-24)46-3)48-22-23-13-16-27(17-14-23)40(43)44/h5-21,34H,4,22H2,1-3H3/b31-20-/t34-/m1/s1. The minimum absolute atomic E-state index is 0.000754. The van der Waals surface area contributed by atoms with E-state index in [1.54, 1.807) is 62.6 Å². The van der Waals surface area contributed by atoms with E-state index in [1.165, 1.54) is 35.1 Å². The van der Waals surface area contributed by atoms with E-state index in [9.17, 15) is 19.7 Å². The monoisotopic (exact) mass is 677 g/mol. The first-order valence-corrected chi connectivity index (χ1v) is 16.1. The summed E-state index contributed by atoms with van der Waals surface area (Å²) < 4.78 is 24.5. The van der Waals surface area contributed by atoms with Crippen molar-refractivity contribution in [2.24, 2.45) is 4.99 Å². The van der Waals surface area contributed by atoms with Crippen LogP contribution in [0.2, 0.25) is 0 Å². The zero-order valence-corrected chi connectivity index (χ0v) is 27.6. The fourth-order valence-corrected chi connectivity index (χ4v) is 6.49. The van der Waals surface area contributed by atoms with Crippen LogP contribution in [-0.2, 0) is 16.1 Å². The van der Waals surface area contributed by atoms with Crippen LogP contribution in [0.3, 0.4) is 0 Å². The summed E-state index contributed by atoms with van der Waals surface area (Å²) in [6.45, 7) is 2.05. The molecule has 0 saturated carbocycles. The smallest absolute Gasteiger partial charge is 0.338 e. The Kier molecular flexibility index (Phi) is 9.67. The number of ether oxygens (including phenoxy) is 4. The van der Waals surface area contributed by atoms with Crippen LogP contribution in [0, 0.1) is 10.1 Å². The summed E-state index contributed by atoms with van der Waals surface area (Å²) in [6.07, 6.45) is 1.74. The molecule has 6 rings (SSSR count). The van der Waals surface area contributed by atoms with Gasteiger partial charge in [-0.1, -0.05) is 59.9 Å². The molecule has 0 N–H and O–H groups in total. The molecule has 1 atom stereocenters. The van der Waals surface area contributed by atoms with Gasteiger partial charge in [0.25, 0.3) is 11.2 Å². The molecule has 1 aromatic heterocycles. The summed E-state index contributed by atoms with van der Waals surface area (Å²) in [5.41, 5.74) is 3.14. The predicted molar refractivity (Wildman–Crippen MR) is 184 cm³/mol. The largest absolute Gasteiger partial charge is 0.497 e. The number of fused-ring (bicyclic) bond motifs is 1. The Morgan fingerprint density at radius 2 is 1.73 bits per heavy atom. The van der Waals surface area contributed by atoms with Gasteiger partial charge in [0.1, 0.15) is 12.4 Å². The summed E-state index contributed by atoms with van der Waals surface area (Å²) in [7, 11) is 3.07. The predicted octanol–water partition coefficient (Wildman–Crippen LogP) is 5.44. The lowest BCUT2D eigenvalue weighted by molar-refractivity contribution is -0.384. The van der Waals surface area contributed by atoms with Crippen LogP contribution >= 0.6 is 11.3 Å². The Morgan fingerprint density at radius 1 is 0.959 bits per heavy atom. The lowest BCUT2D eigenvalue weighted by atomic mass is 9.93. The number of esters is 1. The van der Waals surface area contributed by atoms with Gasteiger partial charge in [-0.3, -0.25) is 19.5 Å². The molecule has 0 spiro atoms. The number of carbonyl (C=O) groups is 1. The summed E-state index contributed by atoms with van der Waals surface area (Å²) >= 11 is 1.21. The molecule has 4 aromatic carbocycles. The van der Waals surface area contributed by atoms with Crippen molar-refractivity contribution >= 4 is 34.8 Å². The summed E-state index contributed by atoms with van der Waals surface area (Å²) in [6, 6.07) is 27.2. The molecule has 1 aliphatic rings. The maximum absolute atomic E-state index is 14.3. The van der Waals surface area contributed by atoms with Crippen LogP contribution in [0.4, 0.5) is 5.69 Å². The maximum Gasteiger partial charge on any atom is 0.338 e. The topological polar surface area (TPSA) is 131 Å². The minimum atomic E-state index is -0.840. The van der Waals surface area contributed by atoms with E-state index >= 15 is 0 Å². The van der Waals surface area contributed by atoms with Crippen molar-refractivity contribution in [1.82, 2.24) is 4.57 Å². The molecular formula is C37H31N3O8S. The van der Waals surface area contributed by atoms with Crippen LogP contribution in [0.1, 0.15) is 35.2 Å². The molecule has 0 aliphatic carbocycles. The van der Waals surface area contributed by atoms with E-state index in [4.69, 9.17) is 23.9 Å². The van der Waals surface area contributed by atoms with Crippen LogP contribution < -0.4 is 29.1 Å². The second kappa shape index (κ2) is 14.4. The Labute approximate surface area is 284 Å². The van der Waals surface area contributed by atoms with Crippen LogP contribution in [0.15, 0.2) is 112 Å². The zero-order valence-electron chi connectivity index (χ0n) is 26.8. The number of hydrogen-bond acceptors (Lipinski definition) is 10. The summed E-state index contributed by atoms with van der Waals surface area (Å²) in [4.78, 5) is 43.8. The molecular weight excluding hydrogens is 646 g/mol. The first kappa shape index (κ1) is 32.9. The molecule has 12 heteroatoms. The molecule has 11 nitrogen and oxygen atoms in total. The molecule has 0 amide bonds. The third-order valence-electron chi connectivity index (χ3n) is 7.81. The van der Waals surface area contributed by atoms with Crippen LogP contribution in [0.25, 0.3) is 11.8 Å². The number of nitrogens with zero attached hydrogens (tertiary/aromatic N) is 3. The van der Waals surface area contributed by atoms with E-state index in [1.807, 2.05) is 42.5 Å². The number of thiazole rings is 1. The maximum atomic E-state index is 14.3. The highest BCUT2D eigenvalue weighted by Crippen LogP contribution is 2.36. The fraction of sp³-hybridized carbons (Fsp3) is 0.162. The van der Waals surface area contributed by atoms with Crippen molar-refractivity contribution in [2.75, 3.05) is 20.8 Å². The van der Waals surface area contributed by atoms with Gasteiger partial charge in [0, 0.05) is 17.7 Å². The van der Waals surface area contributed by atoms with Gasteiger partial charge < -0.3 is 18.9 Å². The van der Waals surface area contributed by atoms with Gasteiger partial charge in [-0.2, -0.15) is 0 Å². The number of hydrogen-bond donors (Lipinski definition) is 0. The molecule has 0 bridgehead atoms. The summed E-state index contributed by atoms with van der Waals surface area (Å²) in [5, 5.41) is 11.0. The summed E-state index contributed by atoms with van der Waals surface area (Å²) in [5.74, 6) is 0.906. The number of benzene rings is 4. The van der Waals surface area contributed by atoms with E-state index in [-0.39, 0.29) is 30.0 Å². The average Bonchev–Trinajstić information content (AvgIpc) is 3.44. The second-order valence-corrected chi connectivity index (χ2v) is 11.8. The van der Waals surface area contributed by atoms with Crippen molar-refractivity contribution in [1.29, 1.82) is 0 Å². The van der Waals surface area contributed by atoms with Crippen molar-refractivity contribution in [3.63, 3.8) is 0 Å². The highest BCUT2D eigenvalue weighted by atomic mass is 32.1. The zero-order chi connectivity index (χ0) is 34.5. The van der Waals surface area contributed by atoms with E-state index in [2.05, 4.69) is 0 Å². The van der Waals surface area contributed by atoms with Gasteiger partial charge >= 0.3 is 5.97 Å². The lowest BCUT2D eigenvalue weighted by Crippen LogP contribution is -2.40. The van der Waals surface area contributed by atoms with Gasteiger partial charge in [0.05, 0.1) is 47.6 Å². The molecule has 2 heterocycles.